The molecule has 11 heteroatoms. The zero-order chi connectivity index (χ0) is 25.1. The monoisotopic (exact) mass is 467 g/mol. The van der Waals surface area contributed by atoms with E-state index in [0.29, 0.717) is 0 Å². The smallest absolute Gasteiger partial charge is 0.478 e. The lowest BCUT2D eigenvalue weighted by atomic mass is 9.82. The molecule has 1 aromatic carbocycles. The molecule has 178 valence electrons. The first-order valence-electron chi connectivity index (χ1n) is 9.91. The number of amides is 1. The van der Waals surface area contributed by atoms with E-state index < -0.39 is 18.1 Å². The molecular weight excluding hydrogens is 443 g/mol. The van der Waals surface area contributed by atoms with Gasteiger partial charge in [0.1, 0.15) is 5.82 Å². The molecule has 0 spiro atoms. The number of nitrogens with one attached hydrogen (secondary N) is 1. The molecule has 0 saturated carbocycles. The van der Waals surface area contributed by atoms with Gasteiger partial charge in [0.2, 0.25) is 5.91 Å². The van der Waals surface area contributed by atoms with Crippen molar-refractivity contribution in [3.63, 3.8) is 0 Å². The number of pyridine rings is 1. The second kappa shape index (κ2) is 9.88. The number of benzene rings is 1. The first-order valence-corrected chi connectivity index (χ1v) is 9.91. The van der Waals surface area contributed by atoms with E-state index in [1.165, 1.54) is 6.92 Å². The van der Waals surface area contributed by atoms with Crippen molar-refractivity contribution in [2.24, 2.45) is 5.92 Å². The van der Waals surface area contributed by atoms with Gasteiger partial charge < -0.3 is 20.4 Å². The Morgan fingerprint density at radius 3 is 2.18 bits per heavy atom. The first-order chi connectivity index (χ1) is 15.2. The molecule has 1 aromatic heterocycles. The standard InChI is InChI=1S/C20H23N3O3.C2HF3O2/c1-11-6-5-7-18(21-11)22-19-12(2)13(3)23(14(4)24)17-9-8-15(20(25)26)10-16(17)19;3-2(4,5)1(6)7/h5-10,12-13,19H,1-4H3,(H,21,22)(H,25,26);(H,6,7)/t12-,13-,19+;/m0./s1. The van der Waals surface area contributed by atoms with Crippen LogP contribution in [-0.2, 0) is 9.59 Å². The summed E-state index contributed by atoms with van der Waals surface area (Å²) < 4.78 is 31.7. The van der Waals surface area contributed by atoms with Gasteiger partial charge in [0.25, 0.3) is 0 Å². The zero-order valence-electron chi connectivity index (χ0n) is 18.3. The number of hydrogen-bond acceptors (Lipinski definition) is 5. The van der Waals surface area contributed by atoms with Gasteiger partial charge in [-0.25, -0.2) is 14.6 Å². The van der Waals surface area contributed by atoms with Gasteiger partial charge in [-0.1, -0.05) is 13.0 Å². The first kappa shape index (κ1) is 25.6. The third-order valence-electron chi connectivity index (χ3n) is 5.34. The highest BCUT2D eigenvalue weighted by atomic mass is 19.4. The van der Waals surface area contributed by atoms with E-state index in [0.717, 1.165) is 22.8 Å². The summed E-state index contributed by atoms with van der Waals surface area (Å²) in [6.07, 6.45) is -5.08. The number of carboxylic acids is 2. The number of fused-ring (bicyclic) bond motifs is 1. The molecule has 2 aromatic rings. The van der Waals surface area contributed by atoms with Crippen LogP contribution in [0.1, 0.15) is 48.4 Å². The summed E-state index contributed by atoms with van der Waals surface area (Å²) in [6, 6.07) is 10.5. The number of aryl methyl sites for hydroxylation is 1. The Kier molecular flexibility index (Phi) is 7.68. The fourth-order valence-electron chi connectivity index (χ4n) is 3.62. The highest BCUT2D eigenvalue weighted by Crippen LogP contribution is 2.42. The number of alkyl halides is 3. The summed E-state index contributed by atoms with van der Waals surface area (Å²) >= 11 is 0. The molecule has 0 unspecified atom stereocenters. The number of anilines is 2. The summed E-state index contributed by atoms with van der Waals surface area (Å²) in [6.45, 7) is 7.53. The number of hydrogen-bond donors (Lipinski definition) is 3. The molecule has 33 heavy (non-hydrogen) atoms. The normalized spacial score (nSPS) is 19.6. The predicted octanol–water partition coefficient (Wildman–Crippen LogP) is 4.27. The van der Waals surface area contributed by atoms with E-state index in [1.807, 2.05) is 32.0 Å². The highest BCUT2D eigenvalue weighted by Gasteiger charge is 2.39. The maximum atomic E-state index is 12.2. The van der Waals surface area contributed by atoms with E-state index in [-0.39, 0.29) is 29.5 Å². The van der Waals surface area contributed by atoms with Crippen molar-refractivity contribution >= 4 is 29.4 Å². The molecule has 1 aliphatic heterocycles. The molecule has 3 rings (SSSR count). The lowest BCUT2D eigenvalue weighted by Crippen LogP contribution is -2.48. The maximum absolute atomic E-state index is 12.2. The third kappa shape index (κ3) is 5.99. The van der Waals surface area contributed by atoms with E-state index in [1.54, 1.807) is 23.1 Å². The average Bonchev–Trinajstić information content (AvgIpc) is 2.70. The Bertz CT molecular complexity index is 1060. The Hall–Kier alpha value is -3.63. The second-order valence-electron chi connectivity index (χ2n) is 7.66. The Morgan fingerprint density at radius 2 is 1.70 bits per heavy atom. The molecule has 2 heterocycles. The van der Waals surface area contributed by atoms with E-state index in [2.05, 4.69) is 17.2 Å². The van der Waals surface area contributed by atoms with Crippen molar-refractivity contribution in [3.8, 4) is 0 Å². The number of aromatic carboxylic acids is 1. The van der Waals surface area contributed by atoms with Gasteiger partial charge in [0.05, 0.1) is 11.6 Å². The predicted molar refractivity (Wildman–Crippen MR) is 114 cm³/mol. The van der Waals surface area contributed by atoms with Gasteiger partial charge >= 0.3 is 18.1 Å². The lowest BCUT2D eigenvalue weighted by Gasteiger charge is -2.44. The molecule has 1 amide bonds. The summed E-state index contributed by atoms with van der Waals surface area (Å²) in [5, 5.41) is 19.9. The van der Waals surface area contributed by atoms with Crippen LogP contribution in [0.3, 0.4) is 0 Å². The number of carboxylic acid groups (broad SMARTS) is 2. The van der Waals surface area contributed by atoms with Crippen LogP contribution in [-0.4, -0.2) is 45.3 Å². The molecule has 3 N–H and O–H groups in total. The minimum absolute atomic E-state index is 0.0296. The van der Waals surface area contributed by atoms with Gasteiger partial charge in [0, 0.05) is 30.3 Å². The van der Waals surface area contributed by atoms with Crippen molar-refractivity contribution in [2.75, 3.05) is 10.2 Å². The van der Waals surface area contributed by atoms with Crippen molar-refractivity contribution < 1.29 is 37.8 Å². The lowest BCUT2D eigenvalue weighted by molar-refractivity contribution is -0.192. The molecule has 1 aliphatic rings. The van der Waals surface area contributed by atoms with Gasteiger partial charge in [-0.2, -0.15) is 13.2 Å². The molecule has 8 nitrogen and oxygen atoms in total. The maximum Gasteiger partial charge on any atom is 0.490 e. The van der Waals surface area contributed by atoms with Crippen LogP contribution in [0.2, 0.25) is 0 Å². The van der Waals surface area contributed by atoms with Crippen molar-refractivity contribution in [1.29, 1.82) is 0 Å². The number of nitrogens with zero attached hydrogens (tertiary/aromatic N) is 2. The Balaban J connectivity index is 0.000000479. The molecule has 0 aliphatic carbocycles. The van der Waals surface area contributed by atoms with Crippen LogP contribution >= 0.6 is 0 Å². The number of aliphatic carboxylic acids is 1. The van der Waals surface area contributed by atoms with Gasteiger partial charge in [-0.15, -0.1) is 0 Å². The van der Waals surface area contributed by atoms with Crippen LogP contribution in [0.15, 0.2) is 36.4 Å². The molecule has 0 saturated heterocycles. The second-order valence-corrected chi connectivity index (χ2v) is 7.66. The van der Waals surface area contributed by atoms with Crippen LogP contribution in [0, 0.1) is 12.8 Å². The average molecular weight is 467 g/mol. The van der Waals surface area contributed by atoms with E-state index in [4.69, 9.17) is 9.90 Å². The molecule has 0 radical (unpaired) electrons. The summed E-state index contributed by atoms with van der Waals surface area (Å²) in [4.78, 5) is 38.8. The quantitative estimate of drug-likeness (QED) is 0.617. The number of rotatable bonds is 3. The molecule has 0 bridgehead atoms. The van der Waals surface area contributed by atoms with E-state index >= 15 is 0 Å². The number of aromatic nitrogens is 1. The summed E-state index contributed by atoms with van der Waals surface area (Å²) in [5.41, 5.74) is 2.65. The van der Waals surface area contributed by atoms with E-state index in [9.17, 15) is 27.9 Å². The Labute approximate surface area is 188 Å². The largest absolute Gasteiger partial charge is 0.490 e. The Morgan fingerprint density at radius 1 is 1.09 bits per heavy atom. The summed E-state index contributed by atoms with van der Waals surface area (Å²) in [5.74, 6) is -3.00. The molecule has 3 atom stereocenters. The summed E-state index contributed by atoms with van der Waals surface area (Å²) in [7, 11) is 0. The van der Waals surface area contributed by atoms with Crippen molar-refractivity contribution in [3.05, 3.63) is 53.2 Å². The van der Waals surface area contributed by atoms with Gasteiger partial charge in [-0.05, 0) is 49.7 Å². The number of halogens is 3. The third-order valence-corrected chi connectivity index (χ3v) is 5.34. The molecule has 0 fully saturated rings. The SMILES string of the molecule is CC(=O)N1c2ccc(C(=O)O)cc2[C@H](Nc2cccc(C)n2)[C@@H](C)[C@@H]1C.O=C(O)C(F)(F)F. The van der Waals surface area contributed by atoms with Crippen LogP contribution < -0.4 is 10.2 Å². The minimum atomic E-state index is -5.08. The topological polar surface area (TPSA) is 120 Å². The van der Waals surface area contributed by atoms with Crippen molar-refractivity contribution in [1.82, 2.24) is 4.98 Å². The van der Waals surface area contributed by atoms with Gasteiger partial charge in [0.15, 0.2) is 0 Å². The van der Waals surface area contributed by atoms with Crippen LogP contribution in [0.25, 0.3) is 0 Å². The van der Waals surface area contributed by atoms with Crippen LogP contribution in [0.4, 0.5) is 24.7 Å². The highest BCUT2D eigenvalue weighted by molar-refractivity contribution is 5.95. The number of carbonyl (C=O) groups is 3. The van der Waals surface area contributed by atoms with Crippen LogP contribution in [0.5, 0.6) is 0 Å². The molecular formula is C22H24F3N3O5. The fraction of sp³-hybridized carbons (Fsp3) is 0.364. The zero-order valence-corrected chi connectivity index (χ0v) is 18.3. The number of carbonyl (C=O) groups excluding carboxylic acids is 1. The minimum Gasteiger partial charge on any atom is -0.478 e. The fourth-order valence-corrected chi connectivity index (χ4v) is 3.62. The van der Waals surface area contributed by atoms with Gasteiger partial charge in [-0.3, -0.25) is 4.79 Å². The van der Waals surface area contributed by atoms with Crippen molar-refractivity contribution in [2.45, 2.75) is 46.0 Å².